The summed E-state index contributed by atoms with van der Waals surface area (Å²) in [5.74, 6) is -0.267. The summed E-state index contributed by atoms with van der Waals surface area (Å²) < 4.78 is 13.3. The van der Waals surface area contributed by atoms with Gasteiger partial charge in [0.2, 0.25) is 0 Å². The van der Waals surface area contributed by atoms with Gasteiger partial charge in [-0.15, -0.1) is 0 Å². The smallest absolute Gasteiger partial charge is 0.123 e. The van der Waals surface area contributed by atoms with Crippen molar-refractivity contribution < 1.29 is 9.50 Å². The maximum absolute atomic E-state index is 13.3. The first-order valence-corrected chi connectivity index (χ1v) is 10.6. The van der Waals surface area contributed by atoms with Gasteiger partial charge in [0.15, 0.2) is 0 Å². The number of halogens is 2. The summed E-state index contributed by atoms with van der Waals surface area (Å²) in [6, 6.07) is 14.4. The molecule has 2 N–H and O–H groups in total. The molecule has 0 aromatic heterocycles. The van der Waals surface area contributed by atoms with Crippen LogP contribution in [0.25, 0.3) is 0 Å². The molecule has 0 unspecified atom stereocenters. The van der Waals surface area contributed by atoms with Crippen LogP contribution in [0.2, 0.25) is 5.02 Å². The van der Waals surface area contributed by atoms with Gasteiger partial charge < -0.3 is 10.4 Å². The number of aliphatic hydroxyl groups is 1. The summed E-state index contributed by atoms with van der Waals surface area (Å²) in [5, 5.41) is 15.6. The Morgan fingerprint density at radius 2 is 1.61 bits per heavy atom. The third-order valence-corrected chi connectivity index (χ3v) is 7.02. The summed E-state index contributed by atoms with van der Waals surface area (Å²) >= 11 is 6.50. The lowest BCUT2D eigenvalue weighted by Gasteiger charge is -2.52. The van der Waals surface area contributed by atoms with Gasteiger partial charge in [-0.25, -0.2) is 4.39 Å². The van der Waals surface area contributed by atoms with Gasteiger partial charge in [0.1, 0.15) is 5.82 Å². The minimum atomic E-state index is -0.883. The van der Waals surface area contributed by atoms with Crippen LogP contribution in [0.1, 0.15) is 36.8 Å². The van der Waals surface area contributed by atoms with E-state index in [4.69, 9.17) is 11.6 Å². The topological polar surface area (TPSA) is 35.5 Å². The molecule has 28 heavy (non-hydrogen) atoms. The van der Waals surface area contributed by atoms with Gasteiger partial charge in [0.05, 0.1) is 5.60 Å². The van der Waals surface area contributed by atoms with Crippen LogP contribution in [-0.2, 0) is 12.0 Å². The van der Waals surface area contributed by atoms with E-state index in [1.807, 2.05) is 18.2 Å². The van der Waals surface area contributed by atoms with Crippen molar-refractivity contribution in [2.45, 2.75) is 43.2 Å². The van der Waals surface area contributed by atoms with E-state index >= 15 is 0 Å². The van der Waals surface area contributed by atoms with Gasteiger partial charge in [0.25, 0.3) is 0 Å². The number of nitrogens with one attached hydrogen (secondary N) is 1. The Morgan fingerprint density at radius 1 is 0.964 bits per heavy atom. The maximum atomic E-state index is 13.3. The molecule has 1 aliphatic heterocycles. The van der Waals surface area contributed by atoms with E-state index in [-0.39, 0.29) is 11.4 Å². The Hall–Kier alpha value is -1.46. The van der Waals surface area contributed by atoms with E-state index in [0.29, 0.717) is 12.8 Å². The second kappa shape index (κ2) is 8.11. The highest BCUT2D eigenvalue weighted by Crippen LogP contribution is 2.46. The molecule has 2 aliphatic rings. The van der Waals surface area contributed by atoms with Crippen molar-refractivity contribution in [3.8, 4) is 0 Å². The fraction of sp³-hybridized carbons (Fsp3) is 0.478. The van der Waals surface area contributed by atoms with Crippen LogP contribution >= 0.6 is 11.6 Å². The lowest BCUT2D eigenvalue weighted by molar-refractivity contribution is -0.0628. The molecule has 4 rings (SSSR count). The Balaban J connectivity index is 1.59. The highest BCUT2D eigenvalue weighted by atomic mass is 35.5. The van der Waals surface area contributed by atoms with Crippen LogP contribution < -0.4 is 5.32 Å². The first kappa shape index (κ1) is 19.8. The van der Waals surface area contributed by atoms with Crippen molar-refractivity contribution in [2.75, 3.05) is 26.2 Å². The molecule has 0 atom stereocenters. The maximum Gasteiger partial charge on any atom is 0.123 e. The van der Waals surface area contributed by atoms with Gasteiger partial charge in [-0.2, -0.15) is 0 Å². The Kier molecular flexibility index (Phi) is 5.75. The largest absolute Gasteiger partial charge is 0.385 e. The molecule has 0 amide bonds. The monoisotopic (exact) mass is 402 g/mol. The summed E-state index contributed by atoms with van der Waals surface area (Å²) in [4.78, 5) is 2.59. The molecule has 0 spiro atoms. The number of nitrogens with zero attached hydrogens (tertiary/aromatic N) is 1. The predicted molar refractivity (Wildman–Crippen MR) is 111 cm³/mol. The number of benzene rings is 2. The standard InChI is InChI=1S/C23H28ClFN2O/c24-21-4-2-1-3-18(21)17-22(27-15-13-26-14-16-27)9-11-23(28,12-10-22)19-5-7-20(25)8-6-19/h1-8,26,28H,9-17H2. The molecule has 150 valence electrons. The SMILES string of the molecule is OC1(c2ccc(F)cc2)CCC(Cc2ccccc2Cl)(N2CCNCC2)CC1. The fourth-order valence-electron chi connectivity index (χ4n) is 4.92. The molecule has 1 saturated heterocycles. The van der Waals surface area contributed by atoms with E-state index in [0.717, 1.165) is 56.0 Å². The zero-order valence-electron chi connectivity index (χ0n) is 16.1. The van der Waals surface area contributed by atoms with Crippen LogP contribution in [0.3, 0.4) is 0 Å². The first-order chi connectivity index (χ1) is 13.5. The van der Waals surface area contributed by atoms with Crippen molar-refractivity contribution in [3.63, 3.8) is 0 Å². The van der Waals surface area contributed by atoms with Gasteiger partial charge in [-0.1, -0.05) is 41.9 Å². The van der Waals surface area contributed by atoms with Crippen molar-refractivity contribution in [1.82, 2.24) is 10.2 Å². The Morgan fingerprint density at radius 3 is 2.25 bits per heavy atom. The van der Waals surface area contributed by atoms with Crippen molar-refractivity contribution in [1.29, 1.82) is 0 Å². The lowest BCUT2D eigenvalue weighted by Crippen LogP contribution is -2.59. The number of rotatable bonds is 4. The first-order valence-electron chi connectivity index (χ1n) is 10.2. The third-order valence-electron chi connectivity index (χ3n) is 6.65. The van der Waals surface area contributed by atoms with Crippen LogP contribution in [-0.4, -0.2) is 41.7 Å². The second-order valence-corrected chi connectivity index (χ2v) is 8.68. The van der Waals surface area contributed by atoms with Gasteiger partial charge in [-0.05, 0) is 61.4 Å². The van der Waals surface area contributed by atoms with Crippen LogP contribution in [0.5, 0.6) is 0 Å². The number of hydrogen-bond acceptors (Lipinski definition) is 3. The summed E-state index contributed by atoms with van der Waals surface area (Å²) in [6.07, 6.45) is 4.03. The van der Waals surface area contributed by atoms with Crippen molar-refractivity contribution in [2.24, 2.45) is 0 Å². The predicted octanol–water partition coefficient (Wildman–Crippen LogP) is 4.13. The molecule has 1 aliphatic carbocycles. The van der Waals surface area contributed by atoms with Gasteiger partial charge >= 0.3 is 0 Å². The molecular weight excluding hydrogens is 375 g/mol. The Labute approximate surface area is 171 Å². The number of hydrogen-bond donors (Lipinski definition) is 2. The quantitative estimate of drug-likeness (QED) is 0.807. The molecule has 2 aromatic carbocycles. The molecular formula is C23H28ClFN2O. The summed E-state index contributed by atoms with van der Waals surface area (Å²) in [7, 11) is 0. The van der Waals surface area contributed by atoms with Crippen LogP contribution in [0, 0.1) is 5.82 Å². The second-order valence-electron chi connectivity index (χ2n) is 8.27. The lowest BCUT2D eigenvalue weighted by atomic mass is 9.68. The summed E-state index contributed by atoms with van der Waals surface area (Å²) in [5.41, 5.74) is 1.11. The molecule has 1 heterocycles. The Bertz CT molecular complexity index is 797. The minimum Gasteiger partial charge on any atom is -0.385 e. The van der Waals surface area contributed by atoms with Crippen LogP contribution in [0.15, 0.2) is 48.5 Å². The van der Waals surface area contributed by atoms with Crippen LogP contribution in [0.4, 0.5) is 4.39 Å². The highest BCUT2D eigenvalue weighted by Gasteiger charge is 2.46. The molecule has 3 nitrogen and oxygen atoms in total. The van der Waals surface area contributed by atoms with Gasteiger partial charge in [0, 0.05) is 36.7 Å². The van der Waals surface area contributed by atoms with Crippen molar-refractivity contribution >= 4 is 11.6 Å². The highest BCUT2D eigenvalue weighted by molar-refractivity contribution is 6.31. The van der Waals surface area contributed by atoms with E-state index < -0.39 is 5.60 Å². The summed E-state index contributed by atoms with van der Waals surface area (Å²) in [6.45, 7) is 4.01. The number of piperazine rings is 1. The van der Waals surface area contributed by atoms with E-state index in [1.165, 1.54) is 17.7 Å². The minimum absolute atomic E-state index is 0.000641. The fourth-order valence-corrected chi connectivity index (χ4v) is 5.12. The molecule has 0 bridgehead atoms. The molecule has 5 heteroatoms. The molecule has 1 saturated carbocycles. The average molecular weight is 403 g/mol. The van der Waals surface area contributed by atoms with Crippen molar-refractivity contribution in [3.05, 3.63) is 70.5 Å². The molecule has 2 fully saturated rings. The zero-order chi connectivity index (χ0) is 19.6. The average Bonchev–Trinajstić information content (AvgIpc) is 2.73. The van der Waals surface area contributed by atoms with E-state index in [2.05, 4.69) is 16.3 Å². The van der Waals surface area contributed by atoms with Gasteiger partial charge in [-0.3, -0.25) is 4.90 Å². The molecule has 2 aromatic rings. The van der Waals surface area contributed by atoms with E-state index in [9.17, 15) is 9.50 Å². The van der Waals surface area contributed by atoms with E-state index in [1.54, 1.807) is 12.1 Å². The molecule has 0 radical (unpaired) electrons. The normalized spacial score (nSPS) is 29.0. The zero-order valence-corrected chi connectivity index (χ0v) is 16.9. The third kappa shape index (κ3) is 3.97.